The quantitative estimate of drug-likeness (QED) is 0.570. The highest BCUT2D eigenvalue weighted by atomic mass is 19.1. The fourth-order valence-corrected chi connectivity index (χ4v) is 5.85. The van der Waals surface area contributed by atoms with E-state index in [1.165, 1.54) is 11.0 Å². The van der Waals surface area contributed by atoms with Crippen LogP contribution in [0.3, 0.4) is 0 Å². The average Bonchev–Trinajstić information content (AvgIpc) is 3.35. The van der Waals surface area contributed by atoms with Gasteiger partial charge in [-0.25, -0.2) is 9.37 Å². The van der Waals surface area contributed by atoms with Crippen molar-refractivity contribution in [3.8, 4) is 0 Å². The highest BCUT2D eigenvalue weighted by Gasteiger charge is 2.40. The summed E-state index contributed by atoms with van der Waals surface area (Å²) in [6.07, 6.45) is 4.17. The number of imidazole rings is 1. The smallest absolute Gasteiger partial charge is 0.255 e. The highest BCUT2D eigenvalue weighted by Crippen LogP contribution is 2.35. The summed E-state index contributed by atoms with van der Waals surface area (Å²) in [5, 5.41) is 2.30. The Bertz CT molecular complexity index is 1390. The Morgan fingerprint density at radius 2 is 1.92 bits per heavy atom. The molecule has 2 fully saturated rings. The maximum Gasteiger partial charge on any atom is 0.255 e. The van der Waals surface area contributed by atoms with E-state index in [4.69, 9.17) is 4.98 Å². The number of fused-ring (bicyclic) bond motifs is 2. The van der Waals surface area contributed by atoms with E-state index in [0.29, 0.717) is 17.5 Å². The lowest BCUT2D eigenvalue weighted by atomic mass is 9.87. The summed E-state index contributed by atoms with van der Waals surface area (Å²) in [7, 11) is 0. The van der Waals surface area contributed by atoms with E-state index in [2.05, 4.69) is 21.5 Å². The first kappa shape index (κ1) is 22.8. The summed E-state index contributed by atoms with van der Waals surface area (Å²) in [5.41, 5.74) is 4.87. The van der Waals surface area contributed by atoms with E-state index in [-0.39, 0.29) is 36.5 Å². The molecule has 0 bridgehead atoms. The van der Waals surface area contributed by atoms with Crippen molar-refractivity contribution in [2.24, 2.45) is 0 Å². The SMILES string of the molecule is Cc1c(CN2CCC(c3cc4c(cc3F)C(=O)N(C3CCC(=O)NC3=O)C4)CC2)nc2ccccn12. The Hall–Kier alpha value is -3.59. The first-order valence-corrected chi connectivity index (χ1v) is 12.5. The molecule has 5 heterocycles. The van der Waals surface area contributed by atoms with Gasteiger partial charge in [0.1, 0.15) is 17.5 Å². The first-order chi connectivity index (χ1) is 17.4. The van der Waals surface area contributed by atoms with Crippen LogP contribution in [0, 0.1) is 12.7 Å². The molecule has 3 amide bonds. The molecule has 1 N–H and O–H groups in total. The number of piperidine rings is 2. The minimum atomic E-state index is -0.694. The number of halogens is 1. The van der Waals surface area contributed by atoms with Crippen LogP contribution in [0.15, 0.2) is 36.5 Å². The zero-order chi connectivity index (χ0) is 25.0. The molecule has 3 aliphatic rings. The predicted octanol–water partition coefficient (Wildman–Crippen LogP) is 2.92. The number of carbonyl (C=O) groups excluding carboxylic acids is 3. The standard InChI is InChI=1S/C27H28FN5O3/c1-16-22(29-24-4-2-3-9-32(16)24)15-31-10-7-17(8-11-31)19-12-18-14-33(27(36)20(18)13-21(19)28)23-5-6-25(34)30-26(23)35/h2-4,9,12-13,17,23H,5-8,10-11,14-15H2,1H3,(H,30,34,35). The largest absolute Gasteiger partial charge is 0.322 e. The van der Waals surface area contributed by atoms with Crippen LogP contribution in [0.25, 0.3) is 5.65 Å². The number of rotatable bonds is 4. The lowest BCUT2D eigenvalue weighted by molar-refractivity contribution is -0.136. The van der Waals surface area contributed by atoms with E-state index < -0.39 is 11.9 Å². The van der Waals surface area contributed by atoms with Gasteiger partial charge in [0.25, 0.3) is 5.91 Å². The number of aryl methyl sites for hydroxylation is 1. The molecule has 2 aromatic heterocycles. The first-order valence-electron chi connectivity index (χ1n) is 12.5. The van der Waals surface area contributed by atoms with Gasteiger partial charge in [-0.05, 0) is 74.5 Å². The minimum Gasteiger partial charge on any atom is -0.322 e. The van der Waals surface area contributed by atoms with Gasteiger partial charge >= 0.3 is 0 Å². The molecule has 1 aromatic carbocycles. The Balaban J connectivity index is 1.14. The van der Waals surface area contributed by atoms with E-state index in [1.807, 2.05) is 30.5 Å². The number of nitrogens with one attached hydrogen (secondary N) is 1. The lowest BCUT2D eigenvalue weighted by Gasteiger charge is -2.32. The molecule has 1 atom stereocenters. The second kappa shape index (κ2) is 8.81. The average molecular weight is 490 g/mol. The lowest BCUT2D eigenvalue weighted by Crippen LogP contribution is -2.52. The third kappa shape index (κ3) is 3.87. The Morgan fingerprint density at radius 1 is 1.11 bits per heavy atom. The molecule has 3 aromatic rings. The second-order valence-electron chi connectivity index (χ2n) is 10.1. The Labute approximate surface area is 208 Å². The predicted molar refractivity (Wildman–Crippen MR) is 130 cm³/mol. The number of carbonyl (C=O) groups is 3. The highest BCUT2D eigenvalue weighted by molar-refractivity contribution is 6.05. The van der Waals surface area contributed by atoms with Crippen LogP contribution in [0.2, 0.25) is 0 Å². The number of imide groups is 1. The van der Waals surface area contributed by atoms with Crippen molar-refractivity contribution < 1.29 is 18.8 Å². The van der Waals surface area contributed by atoms with Crippen molar-refractivity contribution in [3.63, 3.8) is 0 Å². The van der Waals surface area contributed by atoms with Gasteiger partial charge < -0.3 is 9.30 Å². The number of nitrogens with zero attached hydrogens (tertiary/aromatic N) is 4. The van der Waals surface area contributed by atoms with Gasteiger partial charge in [-0.3, -0.25) is 24.6 Å². The molecule has 0 aliphatic carbocycles. The van der Waals surface area contributed by atoms with Crippen LogP contribution in [0.4, 0.5) is 4.39 Å². The molecular formula is C27H28FN5O3. The Morgan fingerprint density at radius 3 is 2.67 bits per heavy atom. The number of amides is 3. The third-order valence-electron chi connectivity index (χ3n) is 7.91. The van der Waals surface area contributed by atoms with E-state index in [1.54, 1.807) is 0 Å². The molecule has 186 valence electrons. The van der Waals surface area contributed by atoms with Crippen LogP contribution in [-0.4, -0.2) is 56.0 Å². The molecule has 0 saturated carbocycles. The van der Waals surface area contributed by atoms with Crippen LogP contribution >= 0.6 is 0 Å². The van der Waals surface area contributed by atoms with Gasteiger partial charge in [-0.1, -0.05) is 12.1 Å². The molecule has 36 heavy (non-hydrogen) atoms. The molecule has 0 radical (unpaired) electrons. The van der Waals surface area contributed by atoms with Crippen molar-refractivity contribution >= 4 is 23.4 Å². The van der Waals surface area contributed by atoms with Crippen molar-refractivity contribution in [1.29, 1.82) is 0 Å². The van der Waals surface area contributed by atoms with Crippen LogP contribution < -0.4 is 5.32 Å². The van der Waals surface area contributed by atoms with E-state index in [0.717, 1.165) is 55.1 Å². The molecule has 2 saturated heterocycles. The summed E-state index contributed by atoms with van der Waals surface area (Å²) in [4.78, 5) is 45.3. The van der Waals surface area contributed by atoms with Gasteiger partial charge in [0.15, 0.2) is 0 Å². The van der Waals surface area contributed by atoms with Gasteiger partial charge in [0.05, 0.1) is 5.69 Å². The van der Waals surface area contributed by atoms with E-state index in [9.17, 15) is 14.4 Å². The minimum absolute atomic E-state index is 0.0773. The molecule has 8 nitrogen and oxygen atoms in total. The normalized spacial score (nSPS) is 21.3. The number of hydrogen-bond donors (Lipinski definition) is 1. The van der Waals surface area contributed by atoms with Crippen molar-refractivity contribution in [3.05, 3.63) is 70.4 Å². The topological polar surface area (TPSA) is 87.0 Å². The second-order valence-corrected chi connectivity index (χ2v) is 10.1. The maximum absolute atomic E-state index is 15.2. The number of benzene rings is 1. The van der Waals surface area contributed by atoms with Crippen LogP contribution in [0.1, 0.15) is 64.5 Å². The van der Waals surface area contributed by atoms with Crippen molar-refractivity contribution in [1.82, 2.24) is 24.5 Å². The summed E-state index contributed by atoms with van der Waals surface area (Å²) in [6.45, 7) is 4.80. The molecule has 0 spiro atoms. The number of aromatic nitrogens is 2. The molecule has 6 rings (SSSR count). The van der Waals surface area contributed by atoms with Crippen LogP contribution in [0.5, 0.6) is 0 Å². The maximum atomic E-state index is 15.2. The third-order valence-corrected chi connectivity index (χ3v) is 7.91. The molecule has 1 unspecified atom stereocenters. The van der Waals surface area contributed by atoms with E-state index >= 15 is 4.39 Å². The fourth-order valence-electron chi connectivity index (χ4n) is 5.85. The summed E-state index contributed by atoms with van der Waals surface area (Å²) < 4.78 is 17.3. The molecule has 3 aliphatic heterocycles. The molecular weight excluding hydrogens is 461 g/mol. The summed E-state index contributed by atoms with van der Waals surface area (Å²) >= 11 is 0. The number of pyridine rings is 1. The van der Waals surface area contributed by atoms with Gasteiger partial charge in [-0.15, -0.1) is 0 Å². The fraction of sp³-hybridized carbons (Fsp3) is 0.407. The zero-order valence-electron chi connectivity index (χ0n) is 20.2. The zero-order valence-corrected chi connectivity index (χ0v) is 20.2. The van der Waals surface area contributed by atoms with Gasteiger partial charge in [-0.2, -0.15) is 0 Å². The number of likely N-dealkylation sites (tertiary alicyclic amines) is 1. The Kier molecular flexibility index (Phi) is 5.59. The summed E-state index contributed by atoms with van der Waals surface area (Å²) in [5.74, 6) is -1.41. The van der Waals surface area contributed by atoms with Gasteiger partial charge in [0, 0.05) is 37.0 Å². The van der Waals surface area contributed by atoms with Gasteiger partial charge in [0.2, 0.25) is 11.8 Å². The monoisotopic (exact) mass is 489 g/mol. The van der Waals surface area contributed by atoms with Crippen LogP contribution in [-0.2, 0) is 22.7 Å². The molecule has 9 heteroatoms. The summed E-state index contributed by atoms with van der Waals surface area (Å²) in [6, 6.07) is 8.46. The van der Waals surface area contributed by atoms with Crippen molar-refractivity contribution in [2.45, 2.75) is 57.7 Å². The number of hydrogen-bond acceptors (Lipinski definition) is 5. The van der Waals surface area contributed by atoms with Crippen molar-refractivity contribution in [2.75, 3.05) is 13.1 Å².